The van der Waals surface area contributed by atoms with E-state index < -0.39 is 0 Å². The number of likely N-dealkylation sites (tertiary alicyclic amines) is 1. The molecule has 1 atom stereocenters. The maximum absolute atomic E-state index is 12.0. The van der Waals surface area contributed by atoms with Crippen molar-refractivity contribution < 1.29 is 9.53 Å². The highest BCUT2D eigenvalue weighted by Crippen LogP contribution is 2.27. The van der Waals surface area contributed by atoms with Crippen molar-refractivity contribution in [3.05, 3.63) is 27.7 Å². The van der Waals surface area contributed by atoms with E-state index in [1.165, 1.54) is 6.42 Å². The summed E-state index contributed by atoms with van der Waals surface area (Å²) in [6.45, 7) is 3.89. The molecule has 19 heavy (non-hydrogen) atoms. The van der Waals surface area contributed by atoms with Crippen LogP contribution in [-0.4, -0.2) is 30.5 Å². The van der Waals surface area contributed by atoms with Gasteiger partial charge in [-0.2, -0.15) is 0 Å². The lowest BCUT2D eigenvalue weighted by atomic mass is 10.0. The van der Waals surface area contributed by atoms with Gasteiger partial charge in [0.05, 0.1) is 5.02 Å². The number of carbonyl (C=O) groups is 1. The predicted molar refractivity (Wildman–Crippen MR) is 79.6 cm³/mol. The molecule has 2 rings (SSSR count). The van der Waals surface area contributed by atoms with E-state index in [2.05, 4.69) is 22.9 Å². The van der Waals surface area contributed by atoms with E-state index in [9.17, 15) is 4.79 Å². The van der Waals surface area contributed by atoms with E-state index in [1.54, 1.807) is 12.1 Å². The Morgan fingerprint density at radius 1 is 1.58 bits per heavy atom. The van der Waals surface area contributed by atoms with E-state index >= 15 is 0 Å². The van der Waals surface area contributed by atoms with Crippen molar-refractivity contribution in [2.24, 2.45) is 5.92 Å². The summed E-state index contributed by atoms with van der Waals surface area (Å²) < 4.78 is 6.39. The van der Waals surface area contributed by atoms with Crippen molar-refractivity contribution in [3.8, 4) is 5.75 Å². The van der Waals surface area contributed by atoms with E-state index in [-0.39, 0.29) is 12.5 Å². The van der Waals surface area contributed by atoms with Crippen LogP contribution in [0.4, 0.5) is 0 Å². The molecule has 3 nitrogen and oxygen atoms in total. The number of piperidine rings is 1. The van der Waals surface area contributed by atoms with E-state index in [0.29, 0.717) is 16.7 Å². The van der Waals surface area contributed by atoms with E-state index in [4.69, 9.17) is 16.3 Å². The highest BCUT2D eigenvalue weighted by molar-refractivity contribution is 9.10. The van der Waals surface area contributed by atoms with Gasteiger partial charge in [-0.25, -0.2) is 0 Å². The number of amides is 1. The summed E-state index contributed by atoms with van der Waals surface area (Å²) >= 11 is 9.37. The smallest absolute Gasteiger partial charge is 0.260 e. The predicted octanol–water partition coefficient (Wildman–Crippen LogP) is 3.74. The van der Waals surface area contributed by atoms with Gasteiger partial charge >= 0.3 is 0 Å². The van der Waals surface area contributed by atoms with Crippen LogP contribution in [0.2, 0.25) is 5.02 Å². The topological polar surface area (TPSA) is 29.5 Å². The Bertz CT molecular complexity index is 467. The van der Waals surface area contributed by atoms with Gasteiger partial charge in [-0.15, -0.1) is 0 Å². The zero-order valence-electron chi connectivity index (χ0n) is 10.9. The maximum Gasteiger partial charge on any atom is 0.260 e. The summed E-state index contributed by atoms with van der Waals surface area (Å²) in [6, 6.07) is 5.36. The van der Waals surface area contributed by atoms with Crippen LogP contribution >= 0.6 is 27.5 Å². The molecule has 5 heteroatoms. The van der Waals surface area contributed by atoms with E-state index in [0.717, 1.165) is 24.0 Å². The fraction of sp³-hybridized carbons (Fsp3) is 0.500. The number of halogens is 2. The normalized spacial score (nSPS) is 19.3. The molecule has 0 bridgehead atoms. The molecule has 1 unspecified atom stereocenters. The first kappa shape index (κ1) is 14.7. The standard InChI is InChI=1S/C14H17BrClNO2/c1-10-3-2-6-17(8-10)14(18)9-19-13-5-4-11(15)7-12(13)16/h4-5,7,10H,2-3,6,8-9H2,1H3. The minimum atomic E-state index is 0.0329. The average Bonchev–Trinajstić information content (AvgIpc) is 2.37. The van der Waals surface area contributed by atoms with Crippen molar-refractivity contribution in [1.82, 2.24) is 4.90 Å². The Labute approximate surface area is 127 Å². The van der Waals surface area contributed by atoms with Gasteiger partial charge in [0.25, 0.3) is 5.91 Å². The lowest BCUT2D eigenvalue weighted by Gasteiger charge is -2.30. The molecule has 1 amide bonds. The minimum absolute atomic E-state index is 0.0329. The second kappa shape index (κ2) is 6.62. The molecule has 1 heterocycles. The monoisotopic (exact) mass is 345 g/mol. The number of ether oxygens (including phenoxy) is 1. The second-order valence-electron chi connectivity index (χ2n) is 4.95. The third-order valence-corrected chi connectivity index (χ3v) is 4.04. The third-order valence-electron chi connectivity index (χ3n) is 3.25. The summed E-state index contributed by atoms with van der Waals surface area (Å²) in [5, 5.41) is 0.509. The number of carbonyl (C=O) groups excluding carboxylic acids is 1. The van der Waals surface area contributed by atoms with Gasteiger partial charge in [0.1, 0.15) is 5.75 Å². The van der Waals surface area contributed by atoms with Crippen LogP contribution in [-0.2, 0) is 4.79 Å². The number of nitrogens with zero attached hydrogens (tertiary/aromatic N) is 1. The Kier molecular flexibility index (Phi) is 5.11. The quantitative estimate of drug-likeness (QED) is 0.834. The molecular weight excluding hydrogens is 330 g/mol. The molecule has 1 aromatic carbocycles. The second-order valence-corrected chi connectivity index (χ2v) is 6.27. The molecule has 104 valence electrons. The molecule has 1 aliphatic rings. The number of rotatable bonds is 3. The van der Waals surface area contributed by atoms with Crippen molar-refractivity contribution in [2.75, 3.05) is 19.7 Å². The number of benzene rings is 1. The van der Waals surface area contributed by atoms with Crippen LogP contribution in [0.5, 0.6) is 5.75 Å². The molecular formula is C14H17BrClNO2. The van der Waals surface area contributed by atoms with Crippen LogP contribution in [0.3, 0.4) is 0 Å². The third kappa shape index (κ3) is 4.11. The first-order valence-electron chi connectivity index (χ1n) is 6.42. The van der Waals surface area contributed by atoms with Crippen molar-refractivity contribution in [2.45, 2.75) is 19.8 Å². The van der Waals surface area contributed by atoms with Gasteiger partial charge in [-0.1, -0.05) is 34.5 Å². The van der Waals surface area contributed by atoms with Crippen molar-refractivity contribution in [1.29, 1.82) is 0 Å². The van der Waals surface area contributed by atoms with Crippen LogP contribution in [0.25, 0.3) is 0 Å². The van der Waals surface area contributed by atoms with Gasteiger partial charge in [0.15, 0.2) is 6.61 Å². The van der Waals surface area contributed by atoms with Crippen molar-refractivity contribution in [3.63, 3.8) is 0 Å². The zero-order chi connectivity index (χ0) is 13.8. The molecule has 0 radical (unpaired) electrons. The Morgan fingerprint density at radius 2 is 2.37 bits per heavy atom. The van der Waals surface area contributed by atoms with Gasteiger partial charge in [0.2, 0.25) is 0 Å². The summed E-state index contributed by atoms with van der Waals surface area (Å²) in [5.41, 5.74) is 0. The summed E-state index contributed by atoms with van der Waals surface area (Å²) in [7, 11) is 0. The number of hydrogen-bond acceptors (Lipinski definition) is 2. The Morgan fingerprint density at radius 3 is 3.05 bits per heavy atom. The maximum atomic E-state index is 12.0. The SMILES string of the molecule is CC1CCCN(C(=O)COc2ccc(Br)cc2Cl)C1. The van der Waals surface area contributed by atoms with Gasteiger partial charge in [-0.05, 0) is 37.0 Å². The molecule has 0 N–H and O–H groups in total. The Balaban J connectivity index is 1.89. The molecule has 0 spiro atoms. The van der Waals surface area contributed by atoms with Crippen LogP contribution in [0, 0.1) is 5.92 Å². The minimum Gasteiger partial charge on any atom is -0.482 e. The fourth-order valence-electron chi connectivity index (χ4n) is 2.24. The summed E-state index contributed by atoms with van der Waals surface area (Å²) in [6.07, 6.45) is 2.27. The summed E-state index contributed by atoms with van der Waals surface area (Å²) in [5.74, 6) is 1.16. The lowest BCUT2D eigenvalue weighted by molar-refractivity contribution is -0.135. The highest BCUT2D eigenvalue weighted by atomic mass is 79.9. The van der Waals surface area contributed by atoms with Gasteiger partial charge in [0, 0.05) is 17.6 Å². The van der Waals surface area contributed by atoms with Gasteiger partial charge < -0.3 is 9.64 Å². The molecule has 1 saturated heterocycles. The van der Waals surface area contributed by atoms with Gasteiger partial charge in [-0.3, -0.25) is 4.79 Å². The largest absolute Gasteiger partial charge is 0.482 e. The highest BCUT2D eigenvalue weighted by Gasteiger charge is 2.21. The molecule has 0 saturated carbocycles. The molecule has 0 aliphatic carbocycles. The summed E-state index contributed by atoms with van der Waals surface area (Å²) in [4.78, 5) is 13.9. The van der Waals surface area contributed by atoms with Crippen molar-refractivity contribution >= 4 is 33.4 Å². The molecule has 1 fully saturated rings. The van der Waals surface area contributed by atoms with Crippen LogP contribution in [0.15, 0.2) is 22.7 Å². The van der Waals surface area contributed by atoms with Crippen LogP contribution < -0.4 is 4.74 Å². The molecule has 1 aromatic rings. The molecule has 1 aliphatic heterocycles. The first-order chi connectivity index (χ1) is 9.06. The fourth-order valence-corrected chi connectivity index (χ4v) is 2.97. The molecule has 0 aromatic heterocycles. The lowest BCUT2D eigenvalue weighted by Crippen LogP contribution is -2.41. The van der Waals surface area contributed by atoms with Crippen LogP contribution in [0.1, 0.15) is 19.8 Å². The average molecular weight is 347 g/mol. The zero-order valence-corrected chi connectivity index (χ0v) is 13.2. The Hall–Kier alpha value is -0.740. The van der Waals surface area contributed by atoms with E-state index in [1.807, 2.05) is 11.0 Å². The number of hydrogen-bond donors (Lipinski definition) is 0. The first-order valence-corrected chi connectivity index (χ1v) is 7.59.